The Morgan fingerprint density at radius 1 is 1.48 bits per heavy atom. The normalized spacial score (nSPS) is 14.5. The first kappa shape index (κ1) is 15.6. The lowest BCUT2D eigenvalue weighted by molar-refractivity contribution is 0.414. The predicted octanol–water partition coefficient (Wildman–Crippen LogP) is 2.89. The fourth-order valence-electron chi connectivity index (χ4n) is 3.07. The number of aromatic nitrogens is 2. The van der Waals surface area contributed by atoms with Crippen molar-refractivity contribution in [1.29, 1.82) is 5.26 Å². The average molecular weight is 327 g/mol. The van der Waals surface area contributed by atoms with E-state index in [0.717, 1.165) is 23.3 Å². The Balaban J connectivity index is 2.25. The summed E-state index contributed by atoms with van der Waals surface area (Å²) in [6.07, 6.45) is 0.773. The van der Waals surface area contributed by atoms with Gasteiger partial charge in [-0.25, -0.2) is 4.98 Å². The number of nitriles is 1. The molecule has 6 heteroatoms. The number of hydrogen-bond donors (Lipinski definition) is 1. The Hall–Kier alpha value is -2.26. The van der Waals surface area contributed by atoms with Gasteiger partial charge >= 0.3 is 0 Å². The quantitative estimate of drug-likeness (QED) is 0.693. The molecule has 0 fully saturated rings. The molecular weight excluding hydrogens is 310 g/mol. The van der Waals surface area contributed by atoms with E-state index in [1.54, 1.807) is 7.11 Å². The minimum atomic E-state index is -0.296. The number of thioether (sulfide) groups is 1. The molecule has 1 aromatic carbocycles. The van der Waals surface area contributed by atoms with E-state index in [1.807, 2.05) is 18.2 Å². The van der Waals surface area contributed by atoms with Crippen LogP contribution in [-0.2, 0) is 11.8 Å². The van der Waals surface area contributed by atoms with Gasteiger partial charge in [0.25, 0.3) is 5.56 Å². The molecule has 3 rings (SSSR count). The van der Waals surface area contributed by atoms with Crippen molar-refractivity contribution in [1.82, 2.24) is 9.97 Å². The minimum Gasteiger partial charge on any atom is -0.497 e. The van der Waals surface area contributed by atoms with Crippen molar-refractivity contribution in [2.75, 3.05) is 12.9 Å². The van der Waals surface area contributed by atoms with E-state index in [0.29, 0.717) is 16.4 Å². The van der Waals surface area contributed by atoms with Crippen molar-refractivity contribution in [2.45, 2.75) is 30.8 Å². The first-order chi connectivity index (χ1) is 11.0. The molecule has 1 aromatic heterocycles. The maximum absolute atomic E-state index is 12.6. The van der Waals surface area contributed by atoms with Gasteiger partial charge in [0.1, 0.15) is 5.75 Å². The lowest BCUT2D eigenvalue weighted by atomic mass is 9.72. The van der Waals surface area contributed by atoms with Crippen LogP contribution in [0.5, 0.6) is 5.75 Å². The van der Waals surface area contributed by atoms with Gasteiger partial charge in [-0.15, -0.1) is 0 Å². The molecular formula is C17H17N3O2S. The van der Waals surface area contributed by atoms with Crippen molar-refractivity contribution >= 4 is 11.8 Å². The molecule has 1 heterocycles. The van der Waals surface area contributed by atoms with Crippen molar-refractivity contribution in [2.24, 2.45) is 0 Å². The third-order valence-corrected chi connectivity index (χ3v) is 4.79. The number of H-pyrrole nitrogens is 1. The Kier molecular flexibility index (Phi) is 3.90. The van der Waals surface area contributed by atoms with Crippen LogP contribution in [-0.4, -0.2) is 22.8 Å². The van der Waals surface area contributed by atoms with Crippen LogP contribution in [0.3, 0.4) is 0 Å². The molecule has 0 atom stereocenters. The zero-order valence-corrected chi connectivity index (χ0v) is 14.1. The van der Waals surface area contributed by atoms with Crippen LogP contribution in [0.1, 0.15) is 25.0 Å². The second-order valence-electron chi connectivity index (χ2n) is 6.13. The monoisotopic (exact) mass is 327 g/mol. The molecule has 0 bridgehead atoms. The maximum atomic E-state index is 12.6. The number of methoxy groups -OCH3 is 1. The summed E-state index contributed by atoms with van der Waals surface area (Å²) < 4.78 is 5.31. The first-order valence-corrected chi connectivity index (χ1v) is 8.26. The molecule has 118 valence electrons. The molecule has 5 nitrogen and oxygen atoms in total. The second kappa shape index (κ2) is 5.74. The number of fused-ring (bicyclic) bond motifs is 3. The Labute approximate surface area is 138 Å². The van der Waals surface area contributed by atoms with Crippen LogP contribution in [0.25, 0.3) is 11.3 Å². The number of rotatable bonds is 3. The second-order valence-corrected chi connectivity index (χ2v) is 7.09. The van der Waals surface area contributed by atoms with Crippen molar-refractivity contribution in [3.05, 3.63) is 39.7 Å². The highest BCUT2D eigenvalue weighted by Crippen LogP contribution is 2.41. The third kappa shape index (κ3) is 2.73. The van der Waals surface area contributed by atoms with E-state index in [1.165, 1.54) is 11.8 Å². The molecule has 0 spiro atoms. The van der Waals surface area contributed by atoms with Crippen LogP contribution < -0.4 is 10.3 Å². The Bertz CT molecular complexity index is 865. The summed E-state index contributed by atoms with van der Waals surface area (Å²) in [5.41, 5.74) is 3.05. The first-order valence-electron chi connectivity index (χ1n) is 7.28. The fraction of sp³-hybridized carbons (Fsp3) is 0.353. The standard InChI is InChI=1S/C17H17N3O2S/c1-17(2)9-10-4-5-11(22-3)8-12(10)14-13(17)15(21)20-16(19-14)23-7-6-18/h4-5,8H,7,9H2,1-3H3,(H,19,20,21). The third-order valence-electron chi connectivity index (χ3n) is 4.05. The van der Waals surface area contributed by atoms with Crippen LogP contribution in [0, 0.1) is 11.3 Å². The van der Waals surface area contributed by atoms with Gasteiger partial charge in [-0.2, -0.15) is 5.26 Å². The summed E-state index contributed by atoms with van der Waals surface area (Å²) in [5.74, 6) is 0.985. The predicted molar refractivity (Wildman–Crippen MR) is 89.9 cm³/mol. The largest absolute Gasteiger partial charge is 0.497 e. The number of aromatic amines is 1. The van der Waals surface area contributed by atoms with Crippen LogP contribution in [0.2, 0.25) is 0 Å². The molecule has 0 amide bonds. The molecule has 0 aliphatic heterocycles. The summed E-state index contributed by atoms with van der Waals surface area (Å²) in [5, 5.41) is 9.21. The zero-order chi connectivity index (χ0) is 16.6. The molecule has 0 saturated heterocycles. The number of nitrogens with one attached hydrogen (secondary N) is 1. The van der Waals surface area contributed by atoms with Gasteiger partial charge in [-0.3, -0.25) is 4.79 Å². The molecule has 0 saturated carbocycles. The van der Waals surface area contributed by atoms with E-state index in [-0.39, 0.29) is 16.7 Å². The molecule has 23 heavy (non-hydrogen) atoms. The molecule has 0 radical (unpaired) electrons. The number of nitrogens with zero attached hydrogens (tertiary/aromatic N) is 2. The average Bonchev–Trinajstić information content (AvgIpc) is 2.51. The smallest absolute Gasteiger partial charge is 0.255 e. The highest BCUT2D eigenvalue weighted by Gasteiger charge is 2.35. The van der Waals surface area contributed by atoms with Crippen LogP contribution in [0.15, 0.2) is 28.2 Å². The maximum Gasteiger partial charge on any atom is 0.255 e. The van der Waals surface area contributed by atoms with Gasteiger partial charge in [0, 0.05) is 16.5 Å². The lowest BCUT2D eigenvalue weighted by Gasteiger charge is -2.32. The van der Waals surface area contributed by atoms with Gasteiger partial charge in [0.15, 0.2) is 5.16 Å². The van der Waals surface area contributed by atoms with Crippen molar-refractivity contribution in [3.63, 3.8) is 0 Å². The van der Waals surface area contributed by atoms with Crippen LogP contribution in [0.4, 0.5) is 0 Å². The van der Waals surface area contributed by atoms with E-state index >= 15 is 0 Å². The van der Waals surface area contributed by atoms with E-state index < -0.39 is 0 Å². The molecule has 1 aliphatic rings. The van der Waals surface area contributed by atoms with Gasteiger partial charge in [-0.05, 0) is 24.1 Å². The fourth-order valence-corrected chi connectivity index (χ4v) is 3.59. The van der Waals surface area contributed by atoms with Gasteiger partial charge in [-0.1, -0.05) is 31.7 Å². The summed E-state index contributed by atoms with van der Waals surface area (Å²) in [7, 11) is 1.62. The molecule has 0 unspecified atom stereocenters. The molecule has 1 aliphatic carbocycles. The van der Waals surface area contributed by atoms with E-state index in [9.17, 15) is 4.79 Å². The molecule has 1 N–H and O–H groups in total. The van der Waals surface area contributed by atoms with Crippen LogP contribution >= 0.6 is 11.8 Å². The topological polar surface area (TPSA) is 78.8 Å². The Morgan fingerprint density at radius 3 is 2.96 bits per heavy atom. The van der Waals surface area contributed by atoms with E-state index in [2.05, 4.69) is 29.9 Å². The number of ether oxygens (including phenoxy) is 1. The van der Waals surface area contributed by atoms with Gasteiger partial charge in [0.05, 0.1) is 24.6 Å². The molecule has 2 aromatic rings. The lowest BCUT2D eigenvalue weighted by Crippen LogP contribution is -2.34. The highest BCUT2D eigenvalue weighted by molar-refractivity contribution is 7.99. The zero-order valence-electron chi connectivity index (χ0n) is 13.3. The van der Waals surface area contributed by atoms with Crippen molar-refractivity contribution in [3.8, 4) is 23.1 Å². The minimum absolute atomic E-state index is 0.131. The summed E-state index contributed by atoms with van der Waals surface area (Å²) >= 11 is 1.23. The highest BCUT2D eigenvalue weighted by atomic mass is 32.2. The summed E-state index contributed by atoms with van der Waals surface area (Å²) in [6, 6.07) is 7.94. The van der Waals surface area contributed by atoms with E-state index in [4.69, 9.17) is 10.00 Å². The van der Waals surface area contributed by atoms with Gasteiger partial charge in [0.2, 0.25) is 0 Å². The summed E-state index contributed by atoms with van der Waals surface area (Å²) in [6.45, 7) is 4.11. The number of hydrogen-bond acceptors (Lipinski definition) is 5. The Morgan fingerprint density at radius 2 is 2.26 bits per heavy atom. The SMILES string of the molecule is COc1ccc2c(c1)-c1nc(SCC#N)[nH]c(=O)c1C(C)(C)C2. The number of benzene rings is 1. The van der Waals surface area contributed by atoms with Crippen molar-refractivity contribution < 1.29 is 4.74 Å². The van der Waals surface area contributed by atoms with Gasteiger partial charge < -0.3 is 9.72 Å². The summed E-state index contributed by atoms with van der Waals surface area (Å²) in [4.78, 5) is 20.0.